The van der Waals surface area contributed by atoms with Crippen molar-refractivity contribution in [2.45, 2.75) is 20.4 Å². The fourth-order valence-corrected chi connectivity index (χ4v) is 4.69. The monoisotopic (exact) mass is 532 g/mol. The van der Waals surface area contributed by atoms with Crippen LogP contribution in [0.2, 0.25) is 0 Å². The Balaban J connectivity index is 1.41. The first kappa shape index (κ1) is 26.8. The second-order valence-electron chi connectivity index (χ2n) is 8.43. The molecular formula is C29H28N2O6S. The summed E-state index contributed by atoms with van der Waals surface area (Å²) >= 11 is 0.901. The summed E-state index contributed by atoms with van der Waals surface area (Å²) in [4.78, 5) is 39.5. The van der Waals surface area contributed by atoms with Crippen LogP contribution < -0.4 is 19.5 Å². The number of nitrogens with zero attached hydrogens (tertiary/aromatic N) is 1. The molecule has 1 saturated heterocycles. The van der Waals surface area contributed by atoms with Crippen LogP contribution in [0, 0.1) is 6.92 Å². The normalized spacial score (nSPS) is 14.1. The van der Waals surface area contributed by atoms with Crippen molar-refractivity contribution < 1.29 is 28.6 Å². The Hall–Kier alpha value is -4.24. The molecule has 1 aliphatic rings. The van der Waals surface area contributed by atoms with Gasteiger partial charge in [-0.05, 0) is 67.1 Å². The number of benzene rings is 3. The molecule has 0 atom stereocenters. The van der Waals surface area contributed by atoms with Crippen LogP contribution in [0.25, 0.3) is 6.08 Å². The van der Waals surface area contributed by atoms with Crippen molar-refractivity contribution >= 4 is 40.6 Å². The van der Waals surface area contributed by atoms with Gasteiger partial charge in [0.1, 0.15) is 5.75 Å². The van der Waals surface area contributed by atoms with Crippen LogP contribution in [-0.4, -0.2) is 42.3 Å². The number of rotatable bonds is 10. The third-order valence-electron chi connectivity index (χ3n) is 5.60. The average Bonchev–Trinajstić information content (AvgIpc) is 3.16. The molecule has 1 N–H and O–H groups in total. The highest BCUT2D eigenvalue weighted by molar-refractivity contribution is 8.18. The lowest BCUT2D eigenvalue weighted by Gasteiger charge is -2.13. The number of para-hydroxylation sites is 2. The summed E-state index contributed by atoms with van der Waals surface area (Å²) in [5, 5.41) is 2.47. The number of hydrogen-bond donors (Lipinski definition) is 1. The van der Waals surface area contributed by atoms with Crippen molar-refractivity contribution in [1.29, 1.82) is 0 Å². The number of carbonyl (C=O) groups is 3. The van der Waals surface area contributed by atoms with Crippen molar-refractivity contribution in [3.63, 3.8) is 0 Å². The number of imide groups is 1. The number of ether oxygens (including phenoxy) is 3. The number of carbonyl (C=O) groups excluding carboxylic acids is 3. The Morgan fingerprint density at radius 3 is 2.55 bits per heavy atom. The first-order valence-corrected chi connectivity index (χ1v) is 12.8. The highest BCUT2D eigenvalue weighted by Crippen LogP contribution is 2.35. The first-order chi connectivity index (χ1) is 18.4. The Labute approximate surface area is 225 Å². The molecule has 0 spiro atoms. The molecule has 9 heteroatoms. The maximum Gasteiger partial charge on any atom is 0.293 e. The molecule has 0 saturated carbocycles. The minimum Gasteiger partial charge on any atom is -0.493 e. The fraction of sp³-hybridized carbons (Fsp3) is 0.207. The van der Waals surface area contributed by atoms with Gasteiger partial charge in [-0.2, -0.15) is 0 Å². The van der Waals surface area contributed by atoms with E-state index in [4.69, 9.17) is 14.2 Å². The maximum absolute atomic E-state index is 12.9. The summed E-state index contributed by atoms with van der Waals surface area (Å²) in [5.41, 5.74) is 3.17. The Morgan fingerprint density at radius 2 is 1.79 bits per heavy atom. The predicted molar refractivity (Wildman–Crippen MR) is 147 cm³/mol. The zero-order valence-corrected chi connectivity index (χ0v) is 22.2. The number of methoxy groups -OCH3 is 1. The zero-order chi connectivity index (χ0) is 27.1. The largest absolute Gasteiger partial charge is 0.493 e. The van der Waals surface area contributed by atoms with Crippen LogP contribution in [0.1, 0.15) is 23.6 Å². The molecule has 4 rings (SSSR count). The van der Waals surface area contributed by atoms with Crippen LogP contribution in [0.5, 0.6) is 17.2 Å². The molecule has 8 nitrogen and oxygen atoms in total. The summed E-state index contributed by atoms with van der Waals surface area (Å²) in [7, 11) is 1.49. The molecule has 0 radical (unpaired) electrons. The van der Waals surface area contributed by atoms with Crippen LogP contribution in [0.3, 0.4) is 0 Å². The number of nitrogens with one attached hydrogen (secondary N) is 1. The molecule has 1 aliphatic heterocycles. The molecule has 0 bridgehead atoms. The first-order valence-electron chi connectivity index (χ1n) is 12.0. The molecule has 3 aromatic rings. The van der Waals surface area contributed by atoms with Gasteiger partial charge in [0.15, 0.2) is 18.1 Å². The summed E-state index contributed by atoms with van der Waals surface area (Å²) in [6, 6.07) is 19.9. The topological polar surface area (TPSA) is 94.2 Å². The predicted octanol–water partition coefficient (Wildman–Crippen LogP) is 5.66. The van der Waals surface area contributed by atoms with Gasteiger partial charge in [-0.25, -0.2) is 0 Å². The summed E-state index contributed by atoms with van der Waals surface area (Å²) in [6.07, 6.45) is 1.64. The van der Waals surface area contributed by atoms with Gasteiger partial charge in [0, 0.05) is 0 Å². The minimum atomic E-state index is -0.356. The zero-order valence-electron chi connectivity index (χ0n) is 21.4. The molecule has 38 heavy (non-hydrogen) atoms. The van der Waals surface area contributed by atoms with Gasteiger partial charge in [0.2, 0.25) is 0 Å². The number of thioether (sulfide) groups is 1. The Morgan fingerprint density at radius 1 is 0.974 bits per heavy atom. The third kappa shape index (κ3) is 6.54. The van der Waals surface area contributed by atoms with Crippen molar-refractivity contribution in [3.8, 4) is 17.2 Å². The van der Waals surface area contributed by atoms with Gasteiger partial charge in [-0.15, -0.1) is 0 Å². The van der Waals surface area contributed by atoms with Gasteiger partial charge in [-0.3, -0.25) is 19.3 Å². The SMILES string of the molecule is CCOc1ccccc1NC(=O)COc1ccc(/C=C2/SC(=O)N(Cc3cccc(C)c3)C2=O)cc1OC. The summed E-state index contributed by atoms with van der Waals surface area (Å²) in [5.74, 6) is 0.634. The lowest BCUT2D eigenvalue weighted by atomic mass is 10.1. The van der Waals surface area contributed by atoms with Crippen molar-refractivity contribution in [3.05, 3.63) is 88.3 Å². The third-order valence-corrected chi connectivity index (χ3v) is 6.51. The molecular weight excluding hydrogens is 504 g/mol. The standard InChI is InChI=1S/C29H28N2O6S/c1-4-36-23-11-6-5-10-22(23)30-27(32)18-37-24-13-12-20(15-25(24)35-3)16-26-28(33)31(29(34)38-26)17-21-9-7-8-19(2)14-21/h5-16H,4,17-18H2,1-3H3,(H,30,32)/b26-16+. The van der Waals surface area contributed by atoms with Crippen LogP contribution in [0.4, 0.5) is 10.5 Å². The number of amides is 3. The molecule has 0 aliphatic carbocycles. The maximum atomic E-state index is 12.9. The van der Waals surface area contributed by atoms with Crippen molar-refractivity contribution in [1.82, 2.24) is 4.90 Å². The lowest BCUT2D eigenvalue weighted by molar-refractivity contribution is -0.123. The second-order valence-corrected chi connectivity index (χ2v) is 9.43. The van der Waals surface area contributed by atoms with E-state index in [9.17, 15) is 14.4 Å². The number of aryl methyl sites for hydroxylation is 1. The summed E-state index contributed by atoms with van der Waals surface area (Å²) < 4.78 is 16.7. The quantitative estimate of drug-likeness (QED) is 0.337. The number of hydrogen-bond acceptors (Lipinski definition) is 7. The Kier molecular flexibility index (Phi) is 8.70. The molecule has 196 valence electrons. The van der Waals surface area contributed by atoms with Crippen LogP contribution in [0.15, 0.2) is 71.6 Å². The van der Waals surface area contributed by atoms with Gasteiger partial charge < -0.3 is 19.5 Å². The molecule has 0 unspecified atom stereocenters. The Bertz CT molecular complexity index is 1390. The highest BCUT2D eigenvalue weighted by atomic mass is 32.2. The van der Waals surface area contributed by atoms with E-state index in [-0.39, 0.29) is 30.2 Å². The number of anilines is 1. The molecule has 0 aromatic heterocycles. The highest BCUT2D eigenvalue weighted by Gasteiger charge is 2.35. The van der Waals surface area contributed by atoms with Gasteiger partial charge in [0.05, 0.1) is 30.9 Å². The van der Waals surface area contributed by atoms with Crippen LogP contribution >= 0.6 is 11.8 Å². The average molecular weight is 533 g/mol. The van der Waals surface area contributed by atoms with E-state index in [1.165, 1.54) is 12.0 Å². The van der Waals surface area contributed by atoms with E-state index in [2.05, 4.69) is 5.32 Å². The summed E-state index contributed by atoms with van der Waals surface area (Å²) in [6.45, 7) is 4.29. The van der Waals surface area contributed by atoms with Crippen molar-refractivity contribution in [2.24, 2.45) is 0 Å². The molecule has 3 amide bonds. The van der Waals surface area contributed by atoms with E-state index in [0.717, 1.165) is 22.9 Å². The minimum absolute atomic E-state index is 0.219. The van der Waals surface area contributed by atoms with E-state index in [0.29, 0.717) is 40.0 Å². The van der Waals surface area contributed by atoms with Crippen LogP contribution in [-0.2, 0) is 16.1 Å². The van der Waals surface area contributed by atoms with E-state index < -0.39 is 0 Å². The van der Waals surface area contributed by atoms with Crippen molar-refractivity contribution in [2.75, 3.05) is 25.6 Å². The lowest BCUT2D eigenvalue weighted by Crippen LogP contribution is -2.27. The molecule has 1 heterocycles. The molecule has 3 aromatic carbocycles. The second kappa shape index (κ2) is 12.3. The molecule has 1 fully saturated rings. The van der Waals surface area contributed by atoms with Gasteiger partial charge in [-0.1, -0.05) is 48.0 Å². The van der Waals surface area contributed by atoms with Gasteiger partial charge >= 0.3 is 0 Å². The van der Waals surface area contributed by atoms with Gasteiger partial charge in [0.25, 0.3) is 17.1 Å². The van der Waals surface area contributed by atoms with E-state index in [1.807, 2.05) is 44.2 Å². The fourth-order valence-electron chi connectivity index (χ4n) is 3.85. The van der Waals surface area contributed by atoms with E-state index >= 15 is 0 Å². The van der Waals surface area contributed by atoms with E-state index in [1.54, 1.807) is 42.5 Å². The smallest absolute Gasteiger partial charge is 0.293 e.